The summed E-state index contributed by atoms with van der Waals surface area (Å²) in [6.07, 6.45) is 2.99. The number of carboxylic acid groups (broad SMARTS) is 1. The second kappa shape index (κ2) is 7.53. The summed E-state index contributed by atoms with van der Waals surface area (Å²) in [5.74, 6) is -0.995. The highest BCUT2D eigenvalue weighted by Gasteiger charge is 2.57. The van der Waals surface area contributed by atoms with Crippen LogP contribution in [0.1, 0.15) is 60.3 Å². The normalized spacial score (nSPS) is 20.7. The Labute approximate surface area is 142 Å². The molecule has 0 bridgehead atoms. The fraction of sp³-hybridized carbons (Fsp3) is 0.750. The number of carbonyl (C=O) groups is 2. The molecule has 0 aromatic carbocycles. The third-order valence-electron chi connectivity index (χ3n) is 4.76. The first-order valence-corrected chi connectivity index (χ1v) is 8.46. The Morgan fingerprint density at radius 2 is 1.74 bits per heavy atom. The molecule has 7 heteroatoms. The molecule has 0 aromatic heterocycles. The highest BCUT2D eigenvalue weighted by molar-refractivity contribution is 6.19. The molecule has 1 heterocycles. The highest BCUT2D eigenvalue weighted by atomic mass is 35.5. The van der Waals surface area contributed by atoms with Crippen LogP contribution >= 0.6 is 11.6 Å². The van der Waals surface area contributed by atoms with Gasteiger partial charge in [0.05, 0.1) is 16.7 Å². The van der Waals surface area contributed by atoms with Gasteiger partial charge in [-0.2, -0.15) is 0 Å². The van der Waals surface area contributed by atoms with Crippen LogP contribution in [0.3, 0.4) is 0 Å². The molecule has 1 atom stereocenters. The molecule has 0 saturated carbocycles. The molecule has 1 rings (SSSR count). The number of carbonyl (C=O) groups excluding carboxylic acids is 1. The molecule has 0 amide bonds. The van der Waals surface area contributed by atoms with Crippen LogP contribution < -0.4 is 0 Å². The van der Waals surface area contributed by atoms with Gasteiger partial charge in [0, 0.05) is 0 Å². The van der Waals surface area contributed by atoms with Gasteiger partial charge in [-0.3, -0.25) is 0 Å². The Morgan fingerprint density at radius 1 is 1.22 bits per heavy atom. The summed E-state index contributed by atoms with van der Waals surface area (Å²) in [4.78, 5) is 29.2. The first-order chi connectivity index (χ1) is 10.7. The number of nitrogens with zero attached hydrogens (tertiary/aromatic N) is 1. The molecule has 0 radical (unpaired) electrons. The molecule has 1 aliphatic rings. The highest BCUT2D eigenvalue weighted by Crippen LogP contribution is 2.48. The summed E-state index contributed by atoms with van der Waals surface area (Å²) in [6, 6.07) is 0. The van der Waals surface area contributed by atoms with Crippen molar-refractivity contribution in [1.82, 2.24) is 5.06 Å². The lowest BCUT2D eigenvalue weighted by atomic mass is 9.86. The lowest BCUT2D eigenvalue weighted by Crippen LogP contribution is -2.56. The second-order valence-electron chi connectivity index (χ2n) is 5.71. The molecule has 0 aromatic rings. The minimum Gasteiger partial charge on any atom is -0.478 e. The van der Waals surface area contributed by atoms with E-state index < -0.39 is 28.8 Å². The van der Waals surface area contributed by atoms with Crippen molar-refractivity contribution in [3.05, 3.63) is 11.6 Å². The van der Waals surface area contributed by atoms with E-state index in [1.165, 1.54) is 12.0 Å². The number of ether oxygens (including phenoxy) is 1. The van der Waals surface area contributed by atoms with Crippen LogP contribution in [0, 0.1) is 0 Å². The number of hydroxylamine groups is 2. The van der Waals surface area contributed by atoms with Gasteiger partial charge in [-0.15, -0.1) is 5.06 Å². The van der Waals surface area contributed by atoms with Gasteiger partial charge in [0.15, 0.2) is 5.56 Å². The lowest BCUT2D eigenvalue weighted by molar-refractivity contribution is -0.223. The SMILES string of the molecule is CCC1(CC)C=C(C(=O)O)C(CC)(CC)N1OC(=O)OC(C)Cl. The van der Waals surface area contributed by atoms with Crippen molar-refractivity contribution in [1.29, 1.82) is 0 Å². The van der Waals surface area contributed by atoms with E-state index in [0.717, 1.165) is 0 Å². The van der Waals surface area contributed by atoms with Crippen LogP contribution in [0.5, 0.6) is 0 Å². The van der Waals surface area contributed by atoms with Crippen LogP contribution in [-0.2, 0) is 14.4 Å². The fourth-order valence-electron chi connectivity index (χ4n) is 3.32. The van der Waals surface area contributed by atoms with Crippen molar-refractivity contribution in [2.45, 2.75) is 76.9 Å². The predicted molar refractivity (Wildman–Crippen MR) is 87.1 cm³/mol. The maximum Gasteiger partial charge on any atom is 0.529 e. The van der Waals surface area contributed by atoms with E-state index in [1.807, 2.05) is 27.7 Å². The minimum absolute atomic E-state index is 0.262. The molecule has 0 aliphatic carbocycles. The summed E-state index contributed by atoms with van der Waals surface area (Å²) in [7, 11) is 0. The van der Waals surface area contributed by atoms with Gasteiger partial charge in [0.2, 0.25) is 0 Å². The van der Waals surface area contributed by atoms with E-state index >= 15 is 0 Å². The van der Waals surface area contributed by atoms with E-state index in [1.54, 1.807) is 6.08 Å². The van der Waals surface area contributed by atoms with Gasteiger partial charge in [-0.05, 0) is 38.7 Å². The molecule has 132 valence electrons. The van der Waals surface area contributed by atoms with Crippen LogP contribution in [-0.4, -0.2) is 38.9 Å². The lowest BCUT2D eigenvalue weighted by Gasteiger charge is -2.44. The zero-order valence-corrected chi connectivity index (χ0v) is 15.1. The minimum atomic E-state index is -0.995. The number of hydrogen-bond donors (Lipinski definition) is 1. The van der Waals surface area contributed by atoms with Gasteiger partial charge in [0.25, 0.3) is 0 Å². The Morgan fingerprint density at radius 3 is 2.09 bits per heavy atom. The number of rotatable bonds is 7. The smallest absolute Gasteiger partial charge is 0.478 e. The predicted octanol–water partition coefficient (Wildman–Crippen LogP) is 4.08. The Bertz CT molecular complexity index is 481. The van der Waals surface area contributed by atoms with Crippen LogP contribution in [0.25, 0.3) is 0 Å². The van der Waals surface area contributed by atoms with Crippen molar-refractivity contribution >= 4 is 23.7 Å². The molecule has 1 N–H and O–H groups in total. The molecule has 1 aliphatic heterocycles. The summed E-state index contributed by atoms with van der Waals surface area (Å²) >= 11 is 5.67. The quantitative estimate of drug-likeness (QED) is 0.552. The summed E-state index contributed by atoms with van der Waals surface area (Å²) in [6.45, 7) is 9.15. The Kier molecular flexibility index (Phi) is 6.48. The number of alkyl halides is 1. The fourth-order valence-corrected chi connectivity index (χ4v) is 3.40. The van der Waals surface area contributed by atoms with Gasteiger partial charge >= 0.3 is 12.1 Å². The number of carboxylic acids is 1. The topological polar surface area (TPSA) is 76.1 Å². The van der Waals surface area contributed by atoms with Crippen LogP contribution in [0.15, 0.2) is 11.6 Å². The van der Waals surface area contributed by atoms with Gasteiger partial charge in [-0.1, -0.05) is 39.3 Å². The van der Waals surface area contributed by atoms with Crippen LogP contribution in [0.2, 0.25) is 0 Å². The monoisotopic (exact) mass is 347 g/mol. The third kappa shape index (κ3) is 3.48. The largest absolute Gasteiger partial charge is 0.529 e. The molecule has 0 spiro atoms. The van der Waals surface area contributed by atoms with Crippen molar-refractivity contribution in [2.24, 2.45) is 0 Å². The van der Waals surface area contributed by atoms with Crippen molar-refractivity contribution < 1.29 is 24.3 Å². The van der Waals surface area contributed by atoms with E-state index in [2.05, 4.69) is 0 Å². The molecule has 1 unspecified atom stereocenters. The molecular weight excluding hydrogens is 322 g/mol. The third-order valence-corrected chi connectivity index (χ3v) is 4.85. The number of halogens is 1. The molecule has 6 nitrogen and oxygen atoms in total. The van der Waals surface area contributed by atoms with Crippen molar-refractivity contribution in [3.63, 3.8) is 0 Å². The molecule has 0 saturated heterocycles. The van der Waals surface area contributed by atoms with E-state index in [-0.39, 0.29) is 5.57 Å². The van der Waals surface area contributed by atoms with E-state index in [4.69, 9.17) is 21.2 Å². The van der Waals surface area contributed by atoms with Crippen LogP contribution in [0.4, 0.5) is 4.79 Å². The molecule has 0 fully saturated rings. The number of hydrogen-bond acceptors (Lipinski definition) is 5. The van der Waals surface area contributed by atoms with Gasteiger partial charge in [0.1, 0.15) is 0 Å². The van der Waals surface area contributed by atoms with Gasteiger partial charge < -0.3 is 14.7 Å². The van der Waals surface area contributed by atoms with E-state index in [0.29, 0.717) is 25.7 Å². The van der Waals surface area contributed by atoms with Crippen molar-refractivity contribution in [3.8, 4) is 0 Å². The molecular formula is C16H26ClNO5. The first-order valence-electron chi connectivity index (χ1n) is 8.02. The zero-order chi connectivity index (χ0) is 17.8. The van der Waals surface area contributed by atoms with Crippen molar-refractivity contribution in [2.75, 3.05) is 0 Å². The molecule has 23 heavy (non-hydrogen) atoms. The first kappa shape index (κ1) is 19.8. The maximum atomic E-state index is 12.0. The standard InChI is InChI=1S/C16H26ClNO5/c1-6-15(7-2)10-12(13(19)20)16(8-3,9-4)18(15)23-14(21)22-11(5)17/h10-11H,6-9H2,1-5H3,(H,19,20). The maximum absolute atomic E-state index is 12.0. The average Bonchev–Trinajstić information content (AvgIpc) is 2.77. The van der Waals surface area contributed by atoms with E-state index in [9.17, 15) is 14.7 Å². The summed E-state index contributed by atoms with van der Waals surface area (Å²) < 4.78 is 4.86. The summed E-state index contributed by atoms with van der Waals surface area (Å²) in [5.41, 5.74) is -2.12. The van der Waals surface area contributed by atoms with Gasteiger partial charge in [-0.25, -0.2) is 9.59 Å². The second-order valence-corrected chi connectivity index (χ2v) is 6.32. The Hall–Kier alpha value is -1.27. The number of aliphatic carboxylic acids is 1. The zero-order valence-electron chi connectivity index (χ0n) is 14.4. The summed E-state index contributed by atoms with van der Waals surface area (Å²) in [5, 5.41) is 11.2. The average molecular weight is 348 g/mol. The Balaban J connectivity index is 3.34.